The van der Waals surface area contributed by atoms with E-state index in [1.54, 1.807) is 12.4 Å². The SMILES string of the molecule is CN1CCc2c(c3cc(CCO[Si](C)(C)C(C)(C)C)ccc3n2CC(O)c2ccncc2)C1. The molecule has 0 saturated carbocycles. The van der Waals surface area contributed by atoms with E-state index in [-0.39, 0.29) is 5.04 Å². The fourth-order valence-corrected chi connectivity index (χ4v) is 5.55. The number of fused-ring (bicyclic) bond motifs is 3. The van der Waals surface area contributed by atoms with Crippen molar-refractivity contribution in [3.05, 3.63) is 65.1 Å². The summed E-state index contributed by atoms with van der Waals surface area (Å²) in [5.41, 5.74) is 6.23. The van der Waals surface area contributed by atoms with E-state index in [1.165, 1.54) is 27.7 Å². The van der Waals surface area contributed by atoms with Crippen molar-refractivity contribution >= 4 is 19.2 Å². The first-order chi connectivity index (χ1) is 15.6. The van der Waals surface area contributed by atoms with E-state index < -0.39 is 14.4 Å². The van der Waals surface area contributed by atoms with Gasteiger partial charge < -0.3 is 19.0 Å². The lowest BCUT2D eigenvalue weighted by Gasteiger charge is -2.36. The van der Waals surface area contributed by atoms with Crippen molar-refractivity contribution in [1.29, 1.82) is 0 Å². The van der Waals surface area contributed by atoms with Crippen LogP contribution in [0.4, 0.5) is 0 Å². The quantitative estimate of drug-likeness (QED) is 0.480. The second-order valence-electron chi connectivity index (χ2n) is 11.0. The van der Waals surface area contributed by atoms with Gasteiger partial charge in [0.1, 0.15) is 0 Å². The van der Waals surface area contributed by atoms with Crippen molar-refractivity contribution in [2.45, 2.75) is 70.9 Å². The van der Waals surface area contributed by atoms with Crippen LogP contribution in [0.5, 0.6) is 0 Å². The highest BCUT2D eigenvalue weighted by molar-refractivity contribution is 6.74. The Bertz CT molecular complexity index is 1100. The van der Waals surface area contributed by atoms with Crippen molar-refractivity contribution in [3.8, 4) is 0 Å². The van der Waals surface area contributed by atoms with Crippen LogP contribution in [0.15, 0.2) is 42.7 Å². The van der Waals surface area contributed by atoms with E-state index in [0.29, 0.717) is 6.54 Å². The van der Waals surface area contributed by atoms with Crippen molar-refractivity contribution in [3.63, 3.8) is 0 Å². The first-order valence-corrected chi connectivity index (χ1v) is 15.0. The van der Waals surface area contributed by atoms with Crippen LogP contribution < -0.4 is 0 Å². The third kappa shape index (κ3) is 5.09. The van der Waals surface area contributed by atoms with Gasteiger partial charge in [-0.25, -0.2) is 0 Å². The summed E-state index contributed by atoms with van der Waals surface area (Å²) >= 11 is 0. The Morgan fingerprint density at radius 1 is 1.15 bits per heavy atom. The number of likely N-dealkylation sites (N-methyl/N-ethyl adjacent to an activating group) is 1. The van der Waals surface area contributed by atoms with Gasteiger partial charge in [0.05, 0.1) is 12.6 Å². The molecule has 3 aromatic rings. The summed E-state index contributed by atoms with van der Waals surface area (Å²) in [5, 5.41) is 12.5. The summed E-state index contributed by atoms with van der Waals surface area (Å²) in [5.74, 6) is 0. The van der Waals surface area contributed by atoms with Gasteiger partial charge in [-0.15, -0.1) is 0 Å². The highest BCUT2D eigenvalue weighted by Gasteiger charge is 2.36. The molecular weight excluding hydrogens is 426 g/mol. The molecule has 1 N–H and O–H groups in total. The molecule has 1 aromatic carbocycles. The van der Waals surface area contributed by atoms with Crippen LogP contribution in [-0.2, 0) is 30.4 Å². The van der Waals surface area contributed by atoms with Crippen LogP contribution in [0.1, 0.15) is 49.3 Å². The summed E-state index contributed by atoms with van der Waals surface area (Å²) in [6, 6.07) is 10.6. The van der Waals surface area contributed by atoms with E-state index in [4.69, 9.17) is 4.43 Å². The predicted octanol–water partition coefficient (Wildman–Crippen LogP) is 5.32. The molecule has 178 valence electrons. The molecule has 5 nitrogen and oxygen atoms in total. The minimum absolute atomic E-state index is 0.230. The van der Waals surface area contributed by atoms with Crippen molar-refractivity contribution < 1.29 is 9.53 Å². The van der Waals surface area contributed by atoms with E-state index in [1.807, 2.05) is 12.1 Å². The van der Waals surface area contributed by atoms with Crippen molar-refractivity contribution in [2.24, 2.45) is 0 Å². The van der Waals surface area contributed by atoms with Crippen LogP contribution >= 0.6 is 0 Å². The number of aliphatic hydroxyl groups excluding tert-OH is 1. The van der Waals surface area contributed by atoms with Crippen LogP contribution in [0.3, 0.4) is 0 Å². The molecule has 2 aromatic heterocycles. The Kier molecular flexibility index (Phi) is 6.83. The van der Waals surface area contributed by atoms with Crippen molar-refractivity contribution in [1.82, 2.24) is 14.5 Å². The predicted molar refractivity (Wildman–Crippen MR) is 138 cm³/mol. The Morgan fingerprint density at radius 3 is 2.58 bits per heavy atom. The molecular formula is C27H39N3O2Si. The maximum atomic E-state index is 10.9. The Hall–Kier alpha value is -1.99. The van der Waals surface area contributed by atoms with Crippen molar-refractivity contribution in [2.75, 3.05) is 20.2 Å². The summed E-state index contributed by atoms with van der Waals surface area (Å²) in [6.07, 6.45) is 4.87. The Morgan fingerprint density at radius 2 is 1.88 bits per heavy atom. The van der Waals surface area contributed by atoms with E-state index in [9.17, 15) is 5.11 Å². The summed E-state index contributed by atoms with van der Waals surface area (Å²) < 4.78 is 8.78. The number of hydrogen-bond acceptors (Lipinski definition) is 4. The van der Waals surface area contributed by atoms with Gasteiger partial charge in [-0.3, -0.25) is 4.98 Å². The third-order valence-corrected chi connectivity index (χ3v) is 12.2. The second-order valence-corrected chi connectivity index (χ2v) is 15.8. The number of benzene rings is 1. The topological polar surface area (TPSA) is 50.5 Å². The monoisotopic (exact) mass is 465 g/mol. The molecule has 0 spiro atoms. The smallest absolute Gasteiger partial charge is 0.191 e. The van der Waals surface area contributed by atoms with E-state index in [0.717, 1.165) is 38.1 Å². The van der Waals surface area contributed by atoms with Gasteiger partial charge in [0.25, 0.3) is 0 Å². The summed E-state index contributed by atoms with van der Waals surface area (Å²) in [4.78, 5) is 6.47. The molecule has 0 saturated heterocycles. The van der Waals surface area contributed by atoms with E-state index >= 15 is 0 Å². The largest absolute Gasteiger partial charge is 0.416 e. The first kappa shape index (κ1) is 24.1. The molecule has 1 aliphatic heterocycles. The van der Waals surface area contributed by atoms with Gasteiger partial charge in [-0.1, -0.05) is 26.8 Å². The number of aliphatic hydroxyl groups is 1. The standard InChI is InChI=1S/C27H39N3O2Si/c1-27(2,3)33(5,6)32-16-12-20-7-8-24-22(17-20)23-18-29(4)15-11-25(23)30(24)19-26(31)21-9-13-28-14-10-21/h7-10,13-14,17,26,31H,11-12,15-16,18-19H2,1-6H3. The average molecular weight is 466 g/mol. The normalized spacial score (nSPS) is 16.2. The van der Waals surface area contributed by atoms with Gasteiger partial charge in [0, 0.05) is 55.1 Å². The maximum Gasteiger partial charge on any atom is 0.191 e. The number of nitrogens with zero attached hydrogens (tertiary/aromatic N) is 3. The molecule has 1 atom stereocenters. The fourth-order valence-electron chi connectivity index (χ4n) is 4.50. The molecule has 33 heavy (non-hydrogen) atoms. The molecule has 0 fully saturated rings. The number of aromatic nitrogens is 2. The summed E-state index contributed by atoms with van der Waals surface area (Å²) in [6.45, 7) is 14.8. The van der Waals surface area contributed by atoms with E-state index in [2.05, 4.69) is 73.6 Å². The van der Waals surface area contributed by atoms with Gasteiger partial charge in [-0.05, 0) is 72.6 Å². The van der Waals surface area contributed by atoms with Gasteiger partial charge in [0.2, 0.25) is 0 Å². The molecule has 0 amide bonds. The highest BCUT2D eigenvalue weighted by atomic mass is 28.4. The minimum Gasteiger partial charge on any atom is -0.416 e. The molecule has 0 bridgehead atoms. The van der Waals surface area contributed by atoms with Gasteiger partial charge in [-0.2, -0.15) is 0 Å². The van der Waals surface area contributed by atoms with Crippen LogP contribution in [0, 0.1) is 0 Å². The first-order valence-electron chi connectivity index (χ1n) is 12.1. The molecule has 6 heteroatoms. The number of pyridine rings is 1. The highest BCUT2D eigenvalue weighted by Crippen LogP contribution is 2.37. The zero-order valence-corrected chi connectivity index (χ0v) is 22.1. The van der Waals surface area contributed by atoms with Crippen LogP contribution in [0.25, 0.3) is 10.9 Å². The maximum absolute atomic E-state index is 10.9. The average Bonchev–Trinajstić information content (AvgIpc) is 3.05. The lowest BCUT2D eigenvalue weighted by Crippen LogP contribution is -2.41. The molecule has 4 rings (SSSR count). The van der Waals surface area contributed by atoms with Crippen LogP contribution in [-0.4, -0.2) is 48.1 Å². The van der Waals surface area contributed by atoms with Gasteiger partial charge in [0.15, 0.2) is 8.32 Å². The molecule has 3 heterocycles. The lowest BCUT2D eigenvalue weighted by molar-refractivity contribution is 0.156. The molecule has 0 aliphatic carbocycles. The minimum atomic E-state index is -1.73. The Balaban J connectivity index is 1.61. The fraction of sp³-hybridized carbons (Fsp3) is 0.519. The lowest BCUT2D eigenvalue weighted by atomic mass is 10.0. The van der Waals surface area contributed by atoms with Crippen LogP contribution in [0.2, 0.25) is 18.1 Å². The molecule has 0 radical (unpaired) electrons. The Labute approximate surface area is 199 Å². The number of hydrogen-bond donors (Lipinski definition) is 1. The summed E-state index contributed by atoms with van der Waals surface area (Å²) in [7, 11) is 0.455. The van der Waals surface area contributed by atoms with Gasteiger partial charge >= 0.3 is 0 Å². The second kappa shape index (κ2) is 9.33. The number of rotatable bonds is 7. The molecule has 1 unspecified atom stereocenters. The third-order valence-electron chi connectivity index (χ3n) is 7.62. The molecule has 1 aliphatic rings. The zero-order valence-electron chi connectivity index (χ0n) is 21.1. The zero-order chi connectivity index (χ0) is 23.8.